The van der Waals surface area contributed by atoms with E-state index >= 15 is 0 Å². The molecule has 2 heterocycles. The Labute approximate surface area is 106 Å². The zero-order valence-corrected chi connectivity index (χ0v) is 10.2. The maximum absolute atomic E-state index is 11.0. The second kappa shape index (κ2) is 3.95. The minimum atomic E-state index is -0.911. The van der Waals surface area contributed by atoms with E-state index in [-0.39, 0.29) is 11.6 Å². The molecule has 18 heavy (non-hydrogen) atoms. The van der Waals surface area contributed by atoms with E-state index < -0.39 is 6.09 Å². The molecule has 0 saturated carbocycles. The van der Waals surface area contributed by atoms with Crippen molar-refractivity contribution < 1.29 is 9.90 Å². The third-order valence-corrected chi connectivity index (χ3v) is 4.26. The summed E-state index contributed by atoms with van der Waals surface area (Å²) in [5.41, 5.74) is 8.58. The van der Waals surface area contributed by atoms with Gasteiger partial charge in [-0.3, -0.25) is 9.88 Å². The van der Waals surface area contributed by atoms with Gasteiger partial charge >= 0.3 is 6.09 Å². The molecule has 96 valence electrons. The Balaban J connectivity index is 1.79. The SMILES string of the molecule is NC1CC2(CCN1C(=O)O)Cc1cccnc1C2. The molecule has 2 aliphatic rings. The van der Waals surface area contributed by atoms with E-state index in [4.69, 9.17) is 10.8 Å². The van der Waals surface area contributed by atoms with Crippen LogP contribution in [0.4, 0.5) is 4.79 Å². The number of rotatable bonds is 0. The van der Waals surface area contributed by atoms with Crippen molar-refractivity contribution in [2.45, 2.75) is 31.8 Å². The highest BCUT2D eigenvalue weighted by Gasteiger charge is 2.44. The first kappa shape index (κ1) is 11.5. The first-order valence-electron chi connectivity index (χ1n) is 6.28. The molecule has 1 aromatic heterocycles. The maximum atomic E-state index is 11.0. The summed E-state index contributed by atoms with van der Waals surface area (Å²) in [7, 11) is 0. The van der Waals surface area contributed by atoms with Gasteiger partial charge in [0.2, 0.25) is 0 Å². The van der Waals surface area contributed by atoms with Crippen molar-refractivity contribution >= 4 is 6.09 Å². The van der Waals surface area contributed by atoms with Gasteiger partial charge in [0, 0.05) is 18.4 Å². The lowest BCUT2D eigenvalue weighted by Crippen LogP contribution is -2.53. The number of fused-ring (bicyclic) bond motifs is 1. The number of nitrogens with two attached hydrogens (primary N) is 1. The number of amides is 1. The number of hydrogen-bond donors (Lipinski definition) is 2. The van der Waals surface area contributed by atoms with Crippen molar-refractivity contribution in [3.63, 3.8) is 0 Å². The summed E-state index contributed by atoms with van der Waals surface area (Å²) in [5, 5.41) is 9.05. The zero-order chi connectivity index (χ0) is 12.8. The van der Waals surface area contributed by atoms with Crippen LogP contribution in [0.1, 0.15) is 24.1 Å². The lowest BCUT2D eigenvalue weighted by atomic mass is 9.75. The standard InChI is InChI=1S/C13H17N3O2/c14-11-8-13(3-5-16(11)12(17)18)6-9-2-1-4-15-10(9)7-13/h1-2,4,11H,3,5-8,14H2,(H,17,18). The Morgan fingerprint density at radius 1 is 1.56 bits per heavy atom. The van der Waals surface area contributed by atoms with Crippen LogP contribution in [0.5, 0.6) is 0 Å². The van der Waals surface area contributed by atoms with Crippen LogP contribution >= 0.6 is 0 Å². The summed E-state index contributed by atoms with van der Waals surface area (Å²) in [6, 6.07) is 4.08. The van der Waals surface area contributed by atoms with Crippen LogP contribution in [0, 0.1) is 5.41 Å². The molecule has 5 nitrogen and oxygen atoms in total. The number of carboxylic acid groups (broad SMARTS) is 1. The van der Waals surface area contributed by atoms with Gasteiger partial charge in [-0.1, -0.05) is 6.07 Å². The van der Waals surface area contributed by atoms with Gasteiger partial charge in [-0.25, -0.2) is 4.79 Å². The van der Waals surface area contributed by atoms with Crippen LogP contribution in [0.25, 0.3) is 0 Å². The summed E-state index contributed by atoms with van der Waals surface area (Å²) in [6.07, 6.45) is 4.06. The summed E-state index contributed by atoms with van der Waals surface area (Å²) >= 11 is 0. The quantitative estimate of drug-likeness (QED) is 0.722. The normalized spacial score (nSPS) is 30.5. The molecular weight excluding hydrogens is 230 g/mol. The number of carbonyl (C=O) groups is 1. The van der Waals surface area contributed by atoms with E-state index in [1.807, 2.05) is 12.3 Å². The molecule has 5 heteroatoms. The number of aromatic nitrogens is 1. The monoisotopic (exact) mass is 247 g/mol. The van der Waals surface area contributed by atoms with Crippen LogP contribution in [-0.2, 0) is 12.8 Å². The second-order valence-electron chi connectivity index (χ2n) is 5.46. The molecule has 1 amide bonds. The van der Waals surface area contributed by atoms with Crippen molar-refractivity contribution in [2.75, 3.05) is 6.54 Å². The molecule has 0 radical (unpaired) electrons. The minimum absolute atomic E-state index is 0.127. The Hall–Kier alpha value is -1.62. The number of nitrogens with zero attached hydrogens (tertiary/aromatic N) is 2. The van der Waals surface area contributed by atoms with Gasteiger partial charge in [0.25, 0.3) is 0 Å². The van der Waals surface area contributed by atoms with E-state index in [0.29, 0.717) is 6.54 Å². The van der Waals surface area contributed by atoms with Gasteiger partial charge < -0.3 is 10.8 Å². The maximum Gasteiger partial charge on any atom is 0.408 e. The smallest absolute Gasteiger partial charge is 0.408 e. The van der Waals surface area contributed by atoms with Gasteiger partial charge in [-0.2, -0.15) is 0 Å². The van der Waals surface area contributed by atoms with E-state index in [1.165, 1.54) is 10.5 Å². The average molecular weight is 247 g/mol. The van der Waals surface area contributed by atoms with Crippen molar-refractivity contribution in [1.29, 1.82) is 0 Å². The topological polar surface area (TPSA) is 79.5 Å². The Morgan fingerprint density at radius 2 is 2.39 bits per heavy atom. The van der Waals surface area contributed by atoms with Crippen LogP contribution < -0.4 is 5.73 Å². The molecule has 1 spiro atoms. The summed E-state index contributed by atoms with van der Waals surface area (Å²) in [4.78, 5) is 16.8. The molecule has 1 aromatic rings. The predicted octanol–water partition coefficient (Wildman–Crippen LogP) is 1.23. The van der Waals surface area contributed by atoms with Crippen molar-refractivity contribution in [3.05, 3.63) is 29.6 Å². The molecule has 1 saturated heterocycles. The van der Waals surface area contributed by atoms with Gasteiger partial charge in [-0.15, -0.1) is 0 Å². The first-order valence-corrected chi connectivity index (χ1v) is 6.28. The average Bonchev–Trinajstić information content (AvgIpc) is 2.65. The third kappa shape index (κ3) is 1.75. The fraction of sp³-hybridized carbons (Fsp3) is 0.538. The summed E-state index contributed by atoms with van der Waals surface area (Å²) < 4.78 is 0. The Morgan fingerprint density at radius 3 is 3.06 bits per heavy atom. The van der Waals surface area contributed by atoms with E-state index in [1.54, 1.807) is 0 Å². The number of hydrogen-bond acceptors (Lipinski definition) is 3. The number of pyridine rings is 1. The molecular formula is C13H17N3O2. The Kier molecular flexibility index (Phi) is 2.52. The highest BCUT2D eigenvalue weighted by molar-refractivity contribution is 5.65. The highest BCUT2D eigenvalue weighted by Crippen LogP contribution is 2.44. The van der Waals surface area contributed by atoms with Crippen LogP contribution in [0.15, 0.2) is 18.3 Å². The van der Waals surface area contributed by atoms with Crippen molar-refractivity contribution in [1.82, 2.24) is 9.88 Å². The lowest BCUT2D eigenvalue weighted by molar-refractivity contribution is 0.0554. The molecule has 1 aliphatic heterocycles. The fourth-order valence-corrected chi connectivity index (χ4v) is 3.35. The van der Waals surface area contributed by atoms with E-state index in [2.05, 4.69) is 11.1 Å². The van der Waals surface area contributed by atoms with Crippen LogP contribution in [0.2, 0.25) is 0 Å². The molecule has 1 aliphatic carbocycles. The Bertz CT molecular complexity index is 464. The van der Waals surface area contributed by atoms with Gasteiger partial charge in [0.1, 0.15) is 0 Å². The minimum Gasteiger partial charge on any atom is -0.465 e. The highest BCUT2D eigenvalue weighted by atomic mass is 16.4. The lowest BCUT2D eigenvalue weighted by Gasteiger charge is -2.42. The zero-order valence-electron chi connectivity index (χ0n) is 10.2. The fourth-order valence-electron chi connectivity index (χ4n) is 3.35. The van der Waals surface area contributed by atoms with E-state index in [0.717, 1.165) is 31.4 Å². The van der Waals surface area contributed by atoms with Gasteiger partial charge in [0.15, 0.2) is 0 Å². The number of likely N-dealkylation sites (tertiary alicyclic amines) is 1. The number of piperidine rings is 1. The van der Waals surface area contributed by atoms with Gasteiger partial charge in [-0.05, 0) is 42.7 Å². The summed E-state index contributed by atoms with van der Waals surface area (Å²) in [6.45, 7) is 0.532. The van der Waals surface area contributed by atoms with Crippen molar-refractivity contribution in [3.8, 4) is 0 Å². The first-order chi connectivity index (χ1) is 8.60. The molecule has 0 bridgehead atoms. The van der Waals surface area contributed by atoms with Gasteiger partial charge in [0.05, 0.1) is 6.17 Å². The summed E-state index contributed by atoms with van der Waals surface area (Å²) in [5.74, 6) is 0. The van der Waals surface area contributed by atoms with Crippen molar-refractivity contribution in [2.24, 2.45) is 11.1 Å². The molecule has 0 aromatic carbocycles. The van der Waals surface area contributed by atoms with Crippen LogP contribution in [-0.4, -0.2) is 33.8 Å². The molecule has 2 atom stereocenters. The molecule has 3 rings (SSSR count). The predicted molar refractivity (Wildman–Crippen MR) is 66.0 cm³/mol. The third-order valence-electron chi connectivity index (χ3n) is 4.26. The largest absolute Gasteiger partial charge is 0.465 e. The van der Waals surface area contributed by atoms with Crippen LogP contribution in [0.3, 0.4) is 0 Å². The second-order valence-corrected chi connectivity index (χ2v) is 5.46. The molecule has 3 N–H and O–H groups in total. The molecule has 2 unspecified atom stereocenters. The van der Waals surface area contributed by atoms with E-state index in [9.17, 15) is 4.79 Å². The molecule has 1 fully saturated rings.